The van der Waals surface area contributed by atoms with Gasteiger partial charge in [0.1, 0.15) is 0 Å². The summed E-state index contributed by atoms with van der Waals surface area (Å²) in [4.78, 5) is 19.8. The topological polar surface area (TPSA) is 83.6 Å². The molecular weight excluding hydrogens is 470 g/mol. The van der Waals surface area contributed by atoms with Gasteiger partial charge >= 0.3 is 13.8 Å². The molecule has 2 aromatic rings. The first-order valence-corrected chi connectivity index (χ1v) is 12.8. The zero-order valence-electron chi connectivity index (χ0n) is 17.0. The fourth-order valence-electron chi connectivity index (χ4n) is 3.49. The molecule has 0 saturated heterocycles. The van der Waals surface area contributed by atoms with Crippen LogP contribution in [0.4, 0.5) is 13.2 Å². The number of alkyl halides is 3. The van der Waals surface area contributed by atoms with E-state index >= 15 is 0 Å². The molecule has 10 heteroatoms. The highest BCUT2D eigenvalue weighted by Crippen LogP contribution is 2.41. The van der Waals surface area contributed by atoms with Crippen LogP contribution < -0.4 is 5.73 Å². The first-order chi connectivity index (χ1) is 14.3. The van der Waals surface area contributed by atoms with E-state index in [1.165, 1.54) is 17.8 Å². The molecule has 0 heterocycles. The molecule has 0 bridgehead atoms. The van der Waals surface area contributed by atoms with Gasteiger partial charge in [0.05, 0.1) is 11.7 Å². The number of benzene rings is 2. The van der Waals surface area contributed by atoms with Crippen molar-refractivity contribution < 1.29 is 27.5 Å². The Morgan fingerprint density at radius 3 is 2.35 bits per heavy atom. The molecular formula is C21H26ClF3NO3PS. The number of hydrogen-bond donors (Lipinski definition) is 3. The highest BCUT2D eigenvalue weighted by atomic mass is 35.5. The number of aryl methyl sites for hydroxylation is 1. The summed E-state index contributed by atoms with van der Waals surface area (Å²) >= 11 is 7.56. The van der Waals surface area contributed by atoms with Gasteiger partial charge in [-0.3, -0.25) is 4.57 Å². The second-order valence-electron chi connectivity index (χ2n) is 7.67. The van der Waals surface area contributed by atoms with Gasteiger partial charge in [0.15, 0.2) is 0 Å². The highest BCUT2D eigenvalue weighted by molar-refractivity contribution is 7.99. The quantitative estimate of drug-likeness (QED) is 0.327. The van der Waals surface area contributed by atoms with E-state index in [4.69, 9.17) is 17.3 Å². The summed E-state index contributed by atoms with van der Waals surface area (Å²) in [7, 11) is -4.22. The molecule has 2 aromatic carbocycles. The van der Waals surface area contributed by atoms with E-state index in [1.54, 1.807) is 18.2 Å². The summed E-state index contributed by atoms with van der Waals surface area (Å²) in [5.41, 5.74) is 5.46. The molecule has 0 aromatic heterocycles. The molecule has 0 aliphatic heterocycles. The third-order valence-electron chi connectivity index (χ3n) is 4.81. The largest absolute Gasteiger partial charge is 0.416 e. The van der Waals surface area contributed by atoms with Crippen LogP contribution >= 0.6 is 31.0 Å². The summed E-state index contributed by atoms with van der Waals surface area (Å²) in [5.74, 6) is 0. The highest BCUT2D eigenvalue weighted by Gasteiger charge is 2.32. The van der Waals surface area contributed by atoms with Crippen LogP contribution in [-0.2, 0) is 17.2 Å². The Hall–Kier alpha value is -1.02. The zero-order chi connectivity index (χ0) is 23.3. The Balaban J connectivity index is 2.02. The SMILES string of the molecule is CCC[C@@](N)(CCCc1ccc(Sc2cccc(C(F)(F)F)c2)cc1Cl)CP(=O)(O)O. The van der Waals surface area contributed by atoms with E-state index in [1.807, 2.05) is 13.0 Å². The first kappa shape index (κ1) is 26.2. The minimum atomic E-state index is -4.39. The van der Waals surface area contributed by atoms with Crippen LogP contribution in [0.5, 0.6) is 0 Å². The van der Waals surface area contributed by atoms with Gasteiger partial charge in [-0.05, 0) is 61.6 Å². The molecule has 4 N–H and O–H groups in total. The van der Waals surface area contributed by atoms with Crippen molar-refractivity contribution >= 4 is 31.0 Å². The number of hydrogen-bond acceptors (Lipinski definition) is 3. The normalized spacial score (nSPS) is 14.5. The van der Waals surface area contributed by atoms with Crippen molar-refractivity contribution in [2.75, 3.05) is 6.16 Å². The van der Waals surface area contributed by atoms with E-state index in [9.17, 15) is 27.5 Å². The van der Waals surface area contributed by atoms with Crippen molar-refractivity contribution in [2.24, 2.45) is 5.73 Å². The second-order valence-corrected chi connectivity index (χ2v) is 10.9. The van der Waals surface area contributed by atoms with Crippen LogP contribution in [0.3, 0.4) is 0 Å². The van der Waals surface area contributed by atoms with E-state index in [0.717, 1.165) is 24.1 Å². The van der Waals surface area contributed by atoms with E-state index < -0.39 is 24.9 Å². The zero-order valence-corrected chi connectivity index (χ0v) is 19.5. The Labute approximate surface area is 189 Å². The van der Waals surface area contributed by atoms with Crippen molar-refractivity contribution in [3.63, 3.8) is 0 Å². The summed E-state index contributed by atoms with van der Waals surface area (Å²) in [6, 6.07) is 10.4. The first-order valence-electron chi connectivity index (χ1n) is 9.78. The smallest absolute Gasteiger partial charge is 0.325 e. The van der Waals surface area contributed by atoms with Gasteiger partial charge in [0, 0.05) is 20.4 Å². The Morgan fingerprint density at radius 2 is 1.77 bits per heavy atom. The van der Waals surface area contributed by atoms with Crippen LogP contribution in [0.1, 0.15) is 43.7 Å². The van der Waals surface area contributed by atoms with Gasteiger partial charge in [0.2, 0.25) is 0 Å². The molecule has 0 fully saturated rings. The van der Waals surface area contributed by atoms with Crippen LogP contribution in [0, 0.1) is 0 Å². The molecule has 1 atom stereocenters. The molecule has 4 nitrogen and oxygen atoms in total. The number of rotatable bonds is 10. The maximum atomic E-state index is 12.9. The molecule has 0 saturated carbocycles. The van der Waals surface area contributed by atoms with Crippen molar-refractivity contribution in [3.8, 4) is 0 Å². The summed E-state index contributed by atoms with van der Waals surface area (Å²) in [6.45, 7) is 1.92. The van der Waals surface area contributed by atoms with Crippen molar-refractivity contribution in [1.29, 1.82) is 0 Å². The van der Waals surface area contributed by atoms with Crippen molar-refractivity contribution in [3.05, 3.63) is 58.6 Å². The van der Waals surface area contributed by atoms with Gasteiger partial charge in [-0.25, -0.2) is 0 Å². The average molecular weight is 496 g/mol. The molecule has 31 heavy (non-hydrogen) atoms. The fraction of sp³-hybridized carbons (Fsp3) is 0.429. The van der Waals surface area contributed by atoms with Gasteiger partial charge in [-0.2, -0.15) is 13.2 Å². The van der Waals surface area contributed by atoms with Gasteiger partial charge < -0.3 is 15.5 Å². The lowest BCUT2D eigenvalue weighted by molar-refractivity contribution is -0.137. The predicted molar refractivity (Wildman–Crippen MR) is 119 cm³/mol. The van der Waals surface area contributed by atoms with Crippen molar-refractivity contribution in [1.82, 2.24) is 0 Å². The van der Waals surface area contributed by atoms with Gasteiger partial charge in [-0.1, -0.05) is 48.8 Å². The van der Waals surface area contributed by atoms with E-state index in [2.05, 4.69) is 0 Å². The van der Waals surface area contributed by atoms with Crippen LogP contribution in [0.2, 0.25) is 5.02 Å². The van der Waals surface area contributed by atoms with Crippen LogP contribution in [0.25, 0.3) is 0 Å². The second kappa shape index (κ2) is 10.7. The van der Waals surface area contributed by atoms with E-state index in [-0.39, 0.29) is 6.16 Å². The monoisotopic (exact) mass is 495 g/mol. The number of nitrogens with two attached hydrogens (primary N) is 1. The lowest BCUT2D eigenvalue weighted by Crippen LogP contribution is -2.43. The average Bonchev–Trinajstić information content (AvgIpc) is 2.62. The standard InChI is InChI=1S/C21H26ClF3NO3PS/c1-2-10-20(26,14-30(27,28)29)11-4-5-15-8-9-18(13-19(15)22)31-17-7-3-6-16(12-17)21(23,24)25/h3,6-9,12-13H,2,4-5,10-11,14,26H2,1H3,(H2,27,28,29)/t20-/m1/s1. The molecule has 0 spiro atoms. The van der Waals surface area contributed by atoms with E-state index in [0.29, 0.717) is 40.5 Å². The van der Waals surface area contributed by atoms with Crippen LogP contribution in [-0.4, -0.2) is 21.5 Å². The lowest BCUT2D eigenvalue weighted by Gasteiger charge is -2.29. The summed E-state index contributed by atoms with van der Waals surface area (Å²) in [5, 5.41) is 0.491. The maximum Gasteiger partial charge on any atom is 0.416 e. The maximum absolute atomic E-state index is 12.9. The van der Waals surface area contributed by atoms with Crippen molar-refractivity contribution in [2.45, 2.75) is 60.5 Å². The minimum Gasteiger partial charge on any atom is -0.325 e. The van der Waals surface area contributed by atoms with Gasteiger partial charge in [-0.15, -0.1) is 0 Å². The lowest BCUT2D eigenvalue weighted by atomic mass is 9.90. The molecule has 2 rings (SSSR count). The predicted octanol–water partition coefficient (Wildman–Crippen LogP) is 6.51. The molecule has 0 aliphatic rings. The van der Waals surface area contributed by atoms with Crippen LogP contribution in [0.15, 0.2) is 52.3 Å². The molecule has 0 radical (unpaired) electrons. The summed E-state index contributed by atoms with van der Waals surface area (Å²) < 4.78 is 50.0. The molecule has 0 amide bonds. The molecule has 0 unspecified atom stereocenters. The molecule has 172 valence electrons. The van der Waals surface area contributed by atoms with Gasteiger partial charge in [0.25, 0.3) is 0 Å². The third-order valence-corrected chi connectivity index (χ3v) is 7.18. The minimum absolute atomic E-state index is 0.353. The Morgan fingerprint density at radius 1 is 1.10 bits per heavy atom. The Bertz CT molecular complexity index is 938. The third kappa shape index (κ3) is 8.79. The molecule has 0 aliphatic carbocycles. The number of halogens is 4. The fourth-order valence-corrected chi connectivity index (χ4v) is 5.88. The summed E-state index contributed by atoms with van der Waals surface area (Å²) in [6.07, 6.45) is -1.88. The Kier molecular flexibility index (Phi) is 9.08.